The molecule has 0 radical (unpaired) electrons. The van der Waals surface area contributed by atoms with Gasteiger partial charge in [-0.1, -0.05) is 23.7 Å². The number of rotatable bonds is 7. The molecule has 2 amide bonds. The van der Waals surface area contributed by atoms with Gasteiger partial charge in [-0.25, -0.2) is 4.98 Å². The van der Waals surface area contributed by atoms with E-state index in [0.29, 0.717) is 42.5 Å². The molecule has 7 nitrogen and oxygen atoms in total. The van der Waals surface area contributed by atoms with E-state index in [2.05, 4.69) is 0 Å². The Morgan fingerprint density at radius 3 is 2.69 bits per heavy atom. The van der Waals surface area contributed by atoms with Crippen molar-refractivity contribution >= 4 is 40.1 Å². The Morgan fingerprint density at radius 2 is 1.97 bits per heavy atom. The van der Waals surface area contributed by atoms with Gasteiger partial charge in [-0.15, -0.1) is 0 Å². The lowest BCUT2D eigenvalue weighted by Gasteiger charge is -2.21. The lowest BCUT2D eigenvalue weighted by Crippen LogP contribution is -2.34. The molecule has 0 N–H and O–H groups in total. The van der Waals surface area contributed by atoms with Crippen LogP contribution in [0.1, 0.15) is 32.0 Å². The van der Waals surface area contributed by atoms with Gasteiger partial charge in [-0.3, -0.25) is 9.59 Å². The first kappa shape index (κ1) is 22.1. The van der Waals surface area contributed by atoms with Crippen molar-refractivity contribution in [2.75, 3.05) is 31.6 Å². The molecule has 1 atom stereocenters. The molecule has 1 saturated heterocycles. The van der Waals surface area contributed by atoms with E-state index in [-0.39, 0.29) is 24.3 Å². The van der Waals surface area contributed by atoms with Gasteiger partial charge in [-0.05, 0) is 44.2 Å². The van der Waals surface area contributed by atoms with E-state index >= 15 is 0 Å². The number of carbonyl (C=O) groups is 2. The maximum Gasteiger partial charge on any atom is 0.242 e. The fraction of sp³-hybridized carbons (Fsp3) is 0.375. The second kappa shape index (κ2) is 9.20. The largest absolute Gasteiger partial charge is 0.495 e. The van der Waals surface area contributed by atoms with Gasteiger partial charge < -0.3 is 19.1 Å². The molecule has 1 aliphatic rings. The number of nitrogens with zero attached hydrogens (tertiary/aromatic N) is 4. The van der Waals surface area contributed by atoms with Gasteiger partial charge in [0.25, 0.3) is 0 Å². The Morgan fingerprint density at radius 1 is 1.22 bits per heavy atom. The molecule has 3 aromatic rings. The van der Waals surface area contributed by atoms with Gasteiger partial charge in [0.2, 0.25) is 11.8 Å². The number of amides is 2. The quantitative estimate of drug-likeness (QED) is 0.539. The lowest BCUT2D eigenvalue weighted by atomic mass is 10.1. The molecule has 0 spiro atoms. The molecular weight excluding hydrogens is 428 g/mol. The van der Waals surface area contributed by atoms with Gasteiger partial charge in [0.05, 0.1) is 23.8 Å². The summed E-state index contributed by atoms with van der Waals surface area (Å²) in [4.78, 5) is 34.3. The van der Waals surface area contributed by atoms with Crippen molar-refractivity contribution < 1.29 is 14.3 Å². The highest BCUT2D eigenvalue weighted by Gasteiger charge is 2.36. The van der Waals surface area contributed by atoms with Gasteiger partial charge >= 0.3 is 0 Å². The number of anilines is 1. The third kappa shape index (κ3) is 4.05. The number of halogens is 1. The van der Waals surface area contributed by atoms with E-state index in [1.54, 1.807) is 30.2 Å². The number of ether oxygens (including phenoxy) is 1. The lowest BCUT2D eigenvalue weighted by molar-refractivity contribution is -0.131. The van der Waals surface area contributed by atoms with Crippen LogP contribution in [0.15, 0.2) is 42.5 Å². The van der Waals surface area contributed by atoms with Crippen molar-refractivity contribution in [3.8, 4) is 5.75 Å². The third-order valence-electron chi connectivity index (χ3n) is 6.02. The van der Waals surface area contributed by atoms with Crippen LogP contribution in [-0.2, 0) is 16.1 Å². The van der Waals surface area contributed by atoms with E-state index < -0.39 is 0 Å². The Kier molecular flexibility index (Phi) is 6.37. The number of para-hydroxylation sites is 2. The van der Waals surface area contributed by atoms with E-state index in [1.807, 2.05) is 47.6 Å². The molecule has 4 rings (SSSR count). The Hall–Kier alpha value is -3.06. The molecule has 0 unspecified atom stereocenters. The zero-order valence-electron chi connectivity index (χ0n) is 18.5. The maximum absolute atomic E-state index is 13.0. The van der Waals surface area contributed by atoms with Crippen LogP contribution in [0.2, 0.25) is 5.02 Å². The first-order valence-corrected chi connectivity index (χ1v) is 11.2. The number of methoxy groups -OCH3 is 1. The first-order valence-electron chi connectivity index (χ1n) is 10.8. The van der Waals surface area contributed by atoms with Crippen LogP contribution >= 0.6 is 11.6 Å². The number of fused-ring (bicyclic) bond motifs is 1. The highest BCUT2D eigenvalue weighted by molar-refractivity contribution is 6.31. The van der Waals surface area contributed by atoms with Crippen molar-refractivity contribution in [2.24, 2.45) is 0 Å². The normalized spacial score (nSPS) is 16.1. The van der Waals surface area contributed by atoms with Crippen molar-refractivity contribution in [1.29, 1.82) is 0 Å². The van der Waals surface area contributed by atoms with E-state index in [0.717, 1.165) is 16.9 Å². The van der Waals surface area contributed by atoms with Gasteiger partial charge in [0, 0.05) is 37.0 Å². The van der Waals surface area contributed by atoms with Crippen LogP contribution in [0, 0.1) is 0 Å². The van der Waals surface area contributed by atoms with Gasteiger partial charge in [-0.2, -0.15) is 0 Å². The number of imidazole rings is 1. The van der Waals surface area contributed by atoms with Crippen LogP contribution < -0.4 is 9.64 Å². The first-order chi connectivity index (χ1) is 15.5. The van der Waals surface area contributed by atoms with Gasteiger partial charge in [0.1, 0.15) is 18.1 Å². The standard InChI is InChI=1S/C24H27ClN4O3/c1-4-27(5-2)23(31)15-29-19-9-7-6-8-18(19)26-24(29)16-12-22(30)28(14-16)20-13-17(25)10-11-21(20)32-3/h6-11,13,16H,4-5,12,14-15H2,1-3H3/t16-/m1/s1. The number of hydrogen-bond donors (Lipinski definition) is 0. The number of likely N-dealkylation sites (N-methyl/N-ethyl adjacent to an activating group) is 1. The van der Waals surface area contributed by atoms with Crippen LogP contribution in [0.5, 0.6) is 5.75 Å². The maximum atomic E-state index is 13.0. The van der Waals surface area contributed by atoms with E-state index in [1.165, 1.54) is 0 Å². The van der Waals surface area contributed by atoms with Crippen LogP contribution in [-0.4, -0.2) is 53.0 Å². The monoisotopic (exact) mass is 454 g/mol. The second-order valence-electron chi connectivity index (χ2n) is 7.83. The van der Waals surface area contributed by atoms with E-state index in [9.17, 15) is 9.59 Å². The van der Waals surface area contributed by atoms with E-state index in [4.69, 9.17) is 21.3 Å². The molecule has 0 saturated carbocycles. The number of aromatic nitrogens is 2. The third-order valence-corrected chi connectivity index (χ3v) is 6.25. The van der Waals surface area contributed by atoms with Crippen LogP contribution in [0.25, 0.3) is 11.0 Å². The Bertz CT molecular complexity index is 1160. The van der Waals surface area contributed by atoms with Crippen molar-refractivity contribution in [2.45, 2.75) is 32.7 Å². The Labute approximate surface area is 192 Å². The van der Waals surface area contributed by atoms with Crippen LogP contribution in [0.4, 0.5) is 5.69 Å². The minimum absolute atomic E-state index is 0.0238. The summed E-state index contributed by atoms with van der Waals surface area (Å²) >= 11 is 6.19. The molecule has 1 fully saturated rings. The number of benzene rings is 2. The topological polar surface area (TPSA) is 67.7 Å². The minimum atomic E-state index is -0.150. The summed E-state index contributed by atoms with van der Waals surface area (Å²) in [6, 6.07) is 13.0. The highest BCUT2D eigenvalue weighted by Crippen LogP contribution is 2.38. The summed E-state index contributed by atoms with van der Waals surface area (Å²) < 4.78 is 7.42. The zero-order chi connectivity index (χ0) is 22.8. The SMILES string of the molecule is CCN(CC)C(=O)Cn1c([C@@H]2CC(=O)N(c3cc(Cl)ccc3OC)C2)nc2ccccc21. The molecule has 1 aliphatic heterocycles. The molecule has 0 aliphatic carbocycles. The van der Waals surface area contributed by atoms with Crippen molar-refractivity contribution in [1.82, 2.24) is 14.5 Å². The summed E-state index contributed by atoms with van der Waals surface area (Å²) in [6.07, 6.45) is 0.304. The molecule has 2 heterocycles. The molecule has 168 valence electrons. The van der Waals surface area contributed by atoms with Crippen molar-refractivity contribution in [3.63, 3.8) is 0 Å². The average molecular weight is 455 g/mol. The summed E-state index contributed by atoms with van der Waals surface area (Å²) in [7, 11) is 1.57. The van der Waals surface area contributed by atoms with Crippen molar-refractivity contribution in [3.05, 3.63) is 53.3 Å². The Balaban J connectivity index is 1.71. The molecule has 0 bridgehead atoms. The van der Waals surface area contributed by atoms with Crippen LogP contribution in [0.3, 0.4) is 0 Å². The molecule has 32 heavy (non-hydrogen) atoms. The number of hydrogen-bond acceptors (Lipinski definition) is 4. The molecule has 2 aromatic carbocycles. The fourth-order valence-corrected chi connectivity index (χ4v) is 4.54. The predicted octanol–water partition coefficient (Wildman–Crippen LogP) is 4.09. The molecular formula is C24H27ClN4O3. The number of carbonyl (C=O) groups excluding carboxylic acids is 2. The predicted molar refractivity (Wildman–Crippen MR) is 125 cm³/mol. The smallest absolute Gasteiger partial charge is 0.242 e. The summed E-state index contributed by atoms with van der Waals surface area (Å²) in [5.41, 5.74) is 2.37. The second-order valence-corrected chi connectivity index (χ2v) is 8.27. The summed E-state index contributed by atoms with van der Waals surface area (Å²) in [6.45, 7) is 5.89. The summed E-state index contributed by atoms with van der Waals surface area (Å²) in [5, 5.41) is 0.536. The van der Waals surface area contributed by atoms with Gasteiger partial charge in [0.15, 0.2) is 0 Å². The highest BCUT2D eigenvalue weighted by atomic mass is 35.5. The average Bonchev–Trinajstić information content (AvgIpc) is 3.35. The minimum Gasteiger partial charge on any atom is -0.495 e. The molecule has 8 heteroatoms. The fourth-order valence-electron chi connectivity index (χ4n) is 4.37. The molecule has 1 aromatic heterocycles. The zero-order valence-corrected chi connectivity index (χ0v) is 19.3. The summed E-state index contributed by atoms with van der Waals surface area (Å²) in [5.74, 6) is 1.21.